The van der Waals surface area contributed by atoms with Crippen LogP contribution in [0, 0.1) is 6.57 Å². The van der Waals surface area contributed by atoms with Gasteiger partial charge in [-0.1, -0.05) is 54.6 Å². The number of halogens is 1. The third-order valence-electron chi connectivity index (χ3n) is 2.53. The lowest BCUT2D eigenvalue weighted by Crippen LogP contribution is -1.86. The highest BCUT2D eigenvalue weighted by Gasteiger charge is 2.08. The lowest BCUT2D eigenvalue weighted by molar-refractivity contribution is 1.56. The van der Waals surface area contributed by atoms with E-state index in [1.165, 1.54) is 0 Å². The summed E-state index contributed by atoms with van der Waals surface area (Å²) in [5.41, 5.74) is 3.22. The maximum absolute atomic E-state index is 7.16. The minimum absolute atomic E-state index is 0.534. The lowest BCUT2D eigenvalue weighted by atomic mass is 9.98. The van der Waals surface area contributed by atoms with E-state index < -0.39 is 0 Å². The van der Waals surface area contributed by atoms with E-state index in [2.05, 4.69) is 11.4 Å². The molecule has 0 heterocycles. The Bertz CT molecular complexity index is 594. The van der Waals surface area contributed by atoms with Gasteiger partial charge in [0.2, 0.25) is 0 Å². The van der Waals surface area contributed by atoms with Gasteiger partial charge in [0.1, 0.15) is 0 Å². The molecule has 0 spiro atoms. The molecule has 17 heavy (non-hydrogen) atoms. The zero-order valence-corrected chi connectivity index (χ0v) is 9.91. The van der Waals surface area contributed by atoms with Gasteiger partial charge in [0.05, 0.1) is 6.57 Å². The maximum atomic E-state index is 7.16. The summed E-state index contributed by atoms with van der Waals surface area (Å²) in [7, 11) is 0. The summed E-state index contributed by atoms with van der Waals surface area (Å²) in [6.07, 6.45) is 0. The van der Waals surface area contributed by atoms with Gasteiger partial charge in [-0.2, -0.15) is 0 Å². The molecule has 0 aliphatic rings. The molecule has 0 radical (unpaired) electrons. The minimum atomic E-state index is 0.534. The second-order valence-electron chi connectivity index (χ2n) is 3.62. The van der Waals surface area contributed by atoms with Crippen molar-refractivity contribution in [3.63, 3.8) is 0 Å². The molecule has 1 nitrogen and oxygen atoms in total. The lowest BCUT2D eigenvalue weighted by Gasteiger charge is -2.08. The summed E-state index contributed by atoms with van der Waals surface area (Å²) in [5.74, 6) is 0. The SMILES string of the molecule is [C-]#[N+]c1cc(Cl)ccc1C(=C)c1ccccc1. The van der Waals surface area contributed by atoms with Crippen molar-refractivity contribution in [2.75, 3.05) is 0 Å². The fourth-order valence-electron chi connectivity index (χ4n) is 1.65. The molecule has 2 rings (SSSR count). The molecule has 0 bridgehead atoms. The van der Waals surface area contributed by atoms with Crippen molar-refractivity contribution in [2.24, 2.45) is 0 Å². The van der Waals surface area contributed by atoms with Gasteiger partial charge in [-0.15, -0.1) is 0 Å². The van der Waals surface area contributed by atoms with E-state index >= 15 is 0 Å². The molecular formula is C15H10ClN. The quantitative estimate of drug-likeness (QED) is 0.653. The molecule has 0 aliphatic heterocycles. The largest absolute Gasteiger partial charge is 0.237 e. The Morgan fingerprint density at radius 1 is 1.12 bits per heavy atom. The Hall–Kier alpha value is -2.04. The van der Waals surface area contributed by atoms with Gasteiger partial charge in [0, 0.05) is 5.02 Å². The van der Waals surface area contributed by atoms with E-state index in [4.69, 9.17) is 18.2 Å². The van der Waals surface area contributed by atoms with Crippen molar-refractivity contribution in [2.45, 2.75) is 0 Å². The molecule has 0 fully saturated rings. The Balaban J connectivity index is 2.49. The van der Waals surface area contributed by atoms with Crippen LogP contribution in [0.15, 0.2) is 55.1 Å². The summed E-state index contributed by atoms with van der Waals surface area (Å²) in [5, 5.41) is 0.570. The van der Waals surface area contributed by atoms with Gasteiger partial charge >= 0.3 is 0 Å². The van der Waals surface area contributed by atoms with Crippen molar-refractivity contribution in [1.82, 2.24) is 0 Å². The van der Waals surface area contributed by atoms with Crippen LogP contribution >= 0.6 is 11.6 Å². The number of rotatable bonds is 2. The van der Waals surface area contributed by atoms with E-state index in [0.717, 1.165) is 16.7 Å². The smallest absolute Gasteiger partial charge is 0.196 e. The molecule has 2 aromatic carbocycles. The van der Waals surface area contributed by atoms with Crippen molar-refractivity contribution < 1.29 is 0 Å². The van der Waals surface area contributed by atoms with E-state index in [9.17, 15) is 0 Å². The van der Waals surface area contributed by atoms with E-state index in [1.54, 1.807) is 12.1 Å². The van der Waals surface area contributed by atoms with E-state index in [1.807, 2.05) is 36.4 Å². The summed E-state index contributed by atoms with van der Waals surface area (Å²) < 4.78 is 0. The Morgan fingerprint density at radius 2 is 1.82 bits per heavy atom. The summed E-state index contributed by atoms with van der Waals surface area (Å²) >= 11 is 5.87. The average molecular weight is 240 g/mol. The monoisotopic (exact) mass is 239 g/mol. The molecule has 2 heteroatoms. The van der Waals surface area contributed by atoms with Gasteiger partial charge in [0.15, 0.2) is 5.69 Å². The zero-order chi connectivity index (χ0) is 12.3. The molecule has 0 aliphatic carbocycles. The highest BCUT2D eigenvalue weighted by Crippen LogP contribution is 2.32. The second kappa shape index (κ2) is 4.86. The predicted molar refractivity (Wildman–Crippen MR) is 72.3 cm³/mol. The number of nitrogens with zero attached hydrogens (tertiary/aromatic N) is 1. The molecule has 0 aromatic heterocycles. The summed E-state index contributed by atoms with van der Waals surface area (Å²) in [6.45, 7) is 11.2. The molecular weight excluding hydrogens is 230 g/mol. The van der Waals surface area contributed by atoms with Crippen LogP contribution in [0.5, 0.6) is 0 Å². The molecule has 0 amide bonds. The number of benzene rings is 2. The van der Waals surface area contributed by atoms with Gasteiger partial charge in [-0.3, -0.25) is 0 Å². The topological polar surface area (TPSA) is 4.36 Å². The highest BCUT2D eigenvalue weighted by atomic mass is 35.5. The molecule has 2 aromatic rings. The van der Waals surface area contributed by atoms with E-state index in [0.29, 0.717) is 10.7 Å². The summed E-state index contributed by atoms with van der Waals surface area (Å²) in [4.78, 5) is 3.48. The van der Waals surface area contributed by atoms with Gasteiger partial charge in [-0.05, 0) is 28.8 Å². The minimum Gasteiger partial charge on any atom is -0.237 e. The third kappa shape index (κ3) is 2.38. The van der Waals surface area contributed by atoms with Crippen LogP contribution in [0.1, 0.15) is 11.1 Å². The van der Waals surface area contributed by atoms with Crippen LogP contribution < -0.4 is 0 Å². The van der Waals surface area contributed by atoms with Crippen LogP contribution in [0.25, 0.3) is 10.4 Å². The molecule has 0 atom stereocenters. The van der Waals surface area contributed by atoms with Crippen molar-refractivity contribution >= 4 is 22.9 Å². The Kier molecular flexibility index (Phi) is 3.27. The second-order valence-corrected chi connectivity index (χ2v) is 4.05. The van der Waals surface area contributed by atoms with Crippen LogP contribution in [-0.4, -0.2) is 0 Å². The maximum Gasteiger partial charge on any atom is 0.196 e. The first kappa shape index (κ1) is 11.4. The van der Waals surface area contributed by atoms with Crippen LogP contribution in [-0.2, 0) is 0 Å². The predicted octanol–water partition coefficient (Wildman–Crippen LogP) is 4.95. The first-order chi connectivity index (χ1) is 8.22. The average Bonchev–Trinajstić information content (AvgIpc) is 2.39. The number of hydrogen-bond acceptors (Lipinski definition) is 0. The van der Waals surface area contributed by atoms with Gasteiger partial charge in [-0.25, -0.2) is 4.85 Å². The Morgan fingerprint density at radius 3 is 2.47 bits per heavy atom. The molecule has 0 unspecified atom stereocenters. The number of hydrogen-bond donors (Lipinski definition) is 0. The fourth-order valence-corrected chi connectivity index (χ4v) is 1.81. The Labute approximate surface area is 106 Å². The molecule has 82 valence electrons. The standard InChI is InChI=1S/C15H10ClN/c1-11(12-6-4-3-5-7-12)14-9-8-13(16)10-15(14)17-2/h3-10H,1H2. The fraction of sp³-hybridized carbons (Fsp3) is 0. The summed E-state index contributed by atoms with van der Waals surface area (Å²) in [6, 6.07) is 15.1. The van der Waals surface area contributed by atoms with Crippen LogP contribution in [0.3, 0.4) is 0 Å². The van der Waals surface area contributed by atoms with Gasteiger partial charge in [0.25, 0.3) is 0 Å². The van der Waals surface area contributed by atoms with E-state index in [-0.39, 0.29) is 0 Å². The van der Waals surface area contributed by atoms with Crippen LogP contribution in [0.2, 0.25) is 5.02 Å². The first-order valence-corrected chi connectivity index (χ1v) is 5.52. The third-order valence-corrected chi connectivity index (χ3v) is 2.76. The normalized spacial score (nSPS) is 9.65. The highest BCUT2D eigenvalue weighted by molar-refractivity contribution is 6.31. The van der Waals surface area contributed by atoms with Crippen molar-refractivity contribution in [3.05, 3.63) is 82.7 Å². The molecule has 0 saturated carbocycles. The van der Waals surface area contributed by atoms with Gasteiger partial charge < -0.3 is 0 Å². The molecule has 0 saturated heterocycles. The first-order valence-electron chi connectivity index (χ1n) is 5.14. The zero-order valence-electron chi connectivity index (χ0n) is 9.15. The molecule has 0 N–H and O–H groups in total. The van der Waals surface area contributed by atoms with Crippen molar-refractivity contribution in [3.8, 4) is 0 Å². The van der Waals surface area contributed by atoms with Crippen LogP contribution in [0.4, 0.5) is 5.69 Å². The van der Waals surface area contributed by atoms with Crippen molar-refractivity contribution in [1.29, 1.82) is 0 Å².